The fourth-order valence-electron chi connectivity index (χ4n) is 2.14. The lowest BCUT2D eigenvalue weighted by Gasteiger charge is -2.28. The first-order valence-electron chi connectivity index (χ1n) is 6.62. The highest BCUT2D eigenvalue weighted by Crippen LogP contribution is 2.25. The van der Waals surface area contributed by atoms with Gasteiger partial charge in [-0.1, -0.05) is 26.7 Å². The SMILES string of the molecule is CCCc1c(NN)ncnc1NC(C)(C)CCC. The van der Waals surface area contributed by atoms with Crippen molar-refractivity contribution in [2.75, 3.05) is 10.7 Å². The van der Waals surface area contributed by atoms with Gasteiger partial charge in [0.2, 0.25) is 0 Å². The van der Waals surface area contributed by atoms with Gasteiger partial charge >= 0.3 is 0 Å². The van der Waals surface area contributed by atoms with Crippen molar-refractivity contribution >= 4 is 11.6 Å². The number of aromatic nitrogens is 2. The molecule has 1 heterocycles. The Morgan fingerprint density at radius 3 is 2.39 bits per heavy atom. The Kier molecular flexibility index (Phi) is 5.34. The van der Waals surface area contributed by atoms with Gasteiger partial charge in [0.05, 0.1) is 0 Å². The van der Waals surface area contributed by atoms with Gasteiger partial charge in [-0.3, -0.25) is 0 Å². The highest BCUT2D eigenvalue weighted by Gasteiger charge is 2.19. The van der Waals surface area contributed by atoms with Gasteiger partial charge < -0.3 is 10.7 Å². The lowest BCUT2D eigenvalue weighted by Crippen LogP contribution is -2.32. The Morgan fingerprint density at radius 2 is 1.83 bits per heavy atom. The van der Waals surface area contributed by atoms with E-state index in [1.54, 1.807) is 6.33 Å². The molecule has 1 aromatic heterocycles. The van der Waals surface area contributed by atoms with Crippen molar-refractivity contribution in [3.05, 3.63) is 11.9 Å². The van der Waals surface area contributed by atoms with E-state index in [9.17, 15) is 0 Å². The molecule has 0 spiro atoms. The van der Waals surface area contributed by atoms with E-state index in [-0.39, 0.29) is 5.54 Å². The molecule has 0 saturated carbocycles. The van der Waals surface area contributed by atoms with Gasteiger partial charge in [-0.05, 0) is 26.7 Å². The summed E-state index contributed by atoms with van der Waals surface area (Å²) in [6.45, 7) is 8.69. The maximum absolute atomic E-state index is 5.50. The first-order chi connectivity index (χ1) is 8.54. The van der Waals surface area contributed by atoms with E-state index in [4.69, 9.17) is 5.84 Å². The molecule has 0 saturated heterocycles. The molecule has 0 aliphatic heterocycles. The summed E-state index contributed by atoms with van der Waals surface area (Å²) in [5.41, 5.74) is 3.73. The van der Waals surface area contributed by atoms with Crippen LogP contribution < -0.4 is 16.6 Å². The monoisotopic (exact) mass is 251 g/mol. The van der Waals surface area contributed by atoms with Crippen molar-refractivity contribution in [2.45, 2.75) is 58.9 Å². The molecule has 0 aromatic carbocycles. The summed E-state index contributed by atoms with van der Waals surface area (Å²) in [6.07, 6.45) is 5.71. The number of nitrogen functional groups attached to an aromatic ring is 1. The molecule has 0 amide bonds. The Morgan fingerprint density at radius 1 is 1.17 bits per heavy atom. The van der Waals surface area contributed by atoms with Crippen molar-refractivity contribution in [1.82, 2.24) is 9.97 Å². The summed E-state index contributed by atoms with van der Waals surface area (Å²) in [6, 6.07) is 0. The van der Waals surface area contributed by atoms with Crippen LogP contribution in [-0.2, 0) is 6.42 Å². The van der Waals surface area contributed by atoms with Crippen LogP contribution in [0.2, 0.25) is 0 Å². The fourth-order valence-corrected chi connectivity index (χ4v) is 2.14. The minimum Gasteiger partial charge on any atom is -0.365 e. The third-order valence-electron chi connectivity index (χ3n) is 2.91. The maximum atomic E-state index is 5.50. The Balaban J connectivity index is 3.00. The molecule has 0 atom stereocenters. The number of anilines is 2. The van der Waals surface area contributed by atoms with Gasteiger partial charge in [0.25, 0.3) is 0 Å². The Labute approximate surface area is 110 Å². The molecule has 18 heavy (non-hydrogen) atoms. The second kappa shape index (κ2) is 6.54. The molecule has 0 aliphatic carbocycles. The van der Waals surface area contributed by atoms with E-state index >= 15 is 0 Å². The molecule has 0 fully saturated rings. The number of nitrogens with one attached hydrogen (secondary N) is 2. The van der Waals surface area contributed by atoms with Crippen LogP contribution in [0.5, 0.6) is 0 Å². The van der Waals surface area contributed by atoms with Crippen LogP contribution >= 0.6 is 0 Å². The van der Waals surface area contributed by atoms with Gasteiger partial charge in [-0.25, -0.2) is 15.8 Å². The van der Waals surface area contributed by atoms with Crippen LogP contribution in [0.4, 0.5) is 11.6 Å². The number of nitrogens with two attached hydrogens (primary N) is 1. The van der Waals surface area contributed by atoms with Crippen LogP contribution in [0.3, 0.4) is 0 Å². The lowest BCUT2D eigenvalue weighted by atomic mass is 9.98. The van der Waals surface area contributed by atoms with Crippen molar-refractivity contribution in [3.8, 4) is 0 Å². The number of hydrogen-bond acceptors (Lipinski definition) is 5. The van der Waals surface area contributed by atoms with Crippen LogP contribution in [0.1, 0.15) is 52.5 Å². The summed E-state index contributed by atoms with van der Waals surface area (Å²) in [5.74, 6) is 7.10. The summed E-state index contributed by atoms with van der Waals surface area (Å²) in [5, 5.41) is 3.50. The van der Waals surface area contributed by atoms with Crippen LogP contribution in [0, 0.1) is 0 Å². The van der Waals surface area contributed by atoms with E-state index in [0.717, 1.165) is 37.1 Å². The molecule has 0 bridgehead atoms. The second-order valence-electron chi connectivity index (χ2n) is 5.20. The van der Waals surface area contributed by atoms with Crippen molar-refractivity contribution in [1.29, 1.82) is 0 Å². The zero-order valence-electron chi connectivity index (χ0n) is 11.9. The van der Waals surface area contributed by atoms with E-state index in [1.807, 2.05) is 0 Å². The topological polar surface area (TPSA) is 75.9 Å². The zero-order valence-corrected chi connectivity index (χ0v) is 11.9. The van der Waals surface area contributed by atoms with E-state index in [2.05, 4.69) is 48.4 Å². The molecule has 1 rings (SSSR count). The molecule has 4 N–H and O–H groups in total. The van der Waals surface area contributed by atoms with Gasteiger partial charge in [0.1, 0.15) is 18.0 Å². The molecule has 0 unspecified atom stereocenters. The summed E-state index contributed by atoms with van der Waals surface area (Å²) >= 11 is 0. The Hall–Kier alpha value is -1.36. The molecule has 5 nitrogen and oxygen atoms in total. The Bertz CT molecular complexity index is 376. The largest absolute Gasteiger partial charge is 0.365 e. The van der Waals surface area contributed by atoms with E-state index in [0.29, 0.717) is 5.82 Å². The average Bonchev–Trinajstić information content (AvgIpc) is 2.31. The molecule has 0 aliphatic rings. The number of hydrogen-bond donors (Lipinski definition) is 3. The third-order valence-corrected chi connectivity index (χ3v) is 2.91. The lowest BCUT2D eigenvalue weighted by molar-refractivity contribution is 0.508. The standard InChI is InChI=1S/C13H25N5/c1-5-7-10-11(15-9-16-12(10)18-14)17-13(3,4)8-6-2/h9H,5-8,14H2,1-4H3,(H2,15,16,17,18). The predicted molar refractivity (Wildman–Crippen MR) is 76.4 cm³/mol. The number of nitrogens with zero attached hydrogens (tertiary/aromatic N) is 2. The normalized spacial score (nSPS) is 11.4. The van der Waals surface area contributed by atoms with Crippen molar-refractivity contribution in [3.63, 3.8) is 0 Å². The quantitative estimate of drug-likeness (QED) is 0.513. The zero-order chi connectivity index (χ0) is 13.6. The van der Waals surface area contributed by atoms with Gasteiger partial charge in [-0.15, -0.1) is 0 Å². The van der Waals surface area contributed by atoms with Crippen molar-refractivity contribution in [2.24, 2.45) is 5.84 Å². The summed E-state index contributed by atoms with van der Waals surface area (Å²) < 4.78 is 0. The molecular weight excluding hydrogens is 226 g/mol. The molecule has 1 aromatic rings. The molecular formula is C13H25N5. The van der Waals surface area contributed by atoms with Crippen LogP contribution in [0.15, 0.2) is 6.33 Å². The minimum absolute atomic E-state index is 0.0253. The maximum Gasteiger partial charge on any atom is 0.148 e. The number of hydrazine groups is 1. The first kappa shape index (κ1) is 14.7. The van der Waals surface area contributed by atoms with Crippen LogP contribution in [-0.4, -0.2) is 15.5 Å². The van der Waals surface area contributed by atoms with E-state index < -0.39 is 0 Å². The van der Waals surface area contributed by atoms with Gasteiger partial charge in [-0.2, -0.15) is 0 Å². The number of rotatable bonds is 7. The molecule has 5 heteroatoms. The van der Waals surface area contributed by atoms with Gasteiger partial charge in [0, 0.05) is 11.1 Å². The third kappa shape index (κ3) is 3.84. The average molecular weight is 251 g/mol. The highest BCUT2D eigenvalue weighted by molar-refractivity contribution is 5.57. The van der Waals surface area contributed by atoms with E-state index in [1.165, 1.54) is 0 Å². The smallest absolute Gasteiger partial charge is 0.148 e. The summed E-state index contributed by atoms with van der Waals surface area (Å²) in [7, 11) is 0. The predicted octanol–water partition coefficient (Wildman–Crippen LogP) is 2.71. The molecule has 0 radical (unpaired) electrons. The first-order valence-corrected chi connectivity index (χ1v) is 6.62. The van der Waals surface area contributed by atoms with Crippen LogP contribution in [0.25, 0.3) is 0 Å². The second-order valence-corrected chi connectivity index (χ2v) is 5.20. The fraction of sp³-hybridized carbons (Fsp3) is 0.692. The summed E-state index contributed by atoms with van der Waals surface area (Å²) in [4.78, 5) is 8.52. The highest BCUT2D eigenvalue weighted by atomic mass is 15.3. The van der Waals surface area contributed by atoms with Crippen molar-refractivity contribution < 1.29 is 0 Å². The minimum atomic E-state index is 0.0253. The molecule has 102 valence electrons. The van der Waals surface area contributed by atoms with Gasteiger partial charge in [0.15, 0.2) is 0 Å².